The molecule has 3 aliphatic rings. The molecular formula is C65H121NO18. The predicted octanol–water partition coefficient (Wildman–Crippen LogP) is 7.88. The molecule has 0 saturated carbocycles. The van der Waals surface area contributed by atoms with E-state index >= 15 is 0 Å². The molecule has 0 aromatic heterocycles. The summed E-state index contributed by atoms with van der Waals surface area (Å²) in [6, 6.07) is -0.966. The molecule has 3 heterocycles. The zero-order valence-corrected chi connectivity index (χ0v) is 51.9. The van der Waals surface area contributed by atoms with E-state index in [1.54, 1.807) is 6.08 Å². The standard InChI is InChI=1S/C65H121NO18/c1-3-5-7-9-11-12-13-14-15-16-17-18-19-20-21-22-23-24-25-26-27-28-29-30-31-32-33-34-35-36-37-39-41-43-53(71)66-48(49(70)42-40-38-10-8-6-4-2)47-79-63-59(77)56(74)61(51(45-68)81-63)84-65-60(78)57(75)62(52(46-69)82-65)83-64-58(76)55(73)54(72)50(44-67)80-64/h16-17,40,42,48-52,54-65,67-70,72-78H,3-15,18-39,41,43-47H2,1-2H3,(H,66,71)/b17-16-,42-40+. The predicted molar refractivity (Wildman–Crippen MR) is 323 cm³/mol. The van der Waals surface area contributed by atoms with Crippen molar-refractivity contribution >= 4 is 5.91 Å². The quantitative estimate of drug-likeness (QED) is 0.0204. The van der Waals surface area contributed by atoms with Crippen molar-refractivity contribution in [2.45, 2.75) is 356 Å². The van der Waals surface area contributed by atoms with E-state index in [1.165, 1.54) is 173 Å². The number of hydrogen-bond donors (Lipinski definition) is 12. The van der Waals surface area contributed by atoms with E-state index in [2.05, 4.69) is 31.3 Å². The van der Waals surface area contributed by atoms with Crippen LogP contribution < -0.4 is 5.32 Å². The lowest BCUT2D eigenvalue weighted by Crippen LogP contribution is -2.66. The largest absolute Gasteiger partial charge is 0.394 e. The molecule has 3 rings (SSSR count). The number of ether oxygens (including phenoxy) is 6. The van der Waals surface area contributed by atoms with Crippen molar-refractivity contribution in [1.82, 2.24) is 5.32 Å². The van der Waals surface area contributed by atoms with E-state index in [0.717, 1.165) is 51.4 Å². The van der Waals surface area contributed by atoms with E-state index in [-0.39, 0.29) is 18.9 Å². The van der Waals surface area contributed by atoms with Gasteiger partial charge in [-0.1, -0.05) is 224 Å². The Morgan fingerprint density at radius 2 is 0.750 bits per heavy atom. The first kappa shape index (κ1) is 76.5. The number of allylic oxidation sites excluding steroid dienone is 3. The van der Waals surface area contributed by atoms with Crippen molar-refractivity contribution in [1.29, 1.82) is 0 Å². The van der Waals surface area contributed by atoms with Crippen molar-refractivity contribution in [3.8, 4) is 0 Å². The van der Waals surface area contributed by atoms with Crippen LogP contribution in [0.4, 0.5) is 0 Å². The number of hydrogen-bond acceptors (Lipinski definition) is 18. The van der Waals surface area contributed by atoms with Gasteiger partial charge in [0.15, 0.2) is 18.9 Å². The summed E-state index contributed by atoms with van der Waals surface area (Å²) in [5, 5.41) is 120. The van der Waals surface area contributed by atoms with Gasteiger partial charge in [-0.2, -0.15) is 0 Å². The highest BCUT2D eigenvalue weighted by Crippen LogP contribution is 2.33. The second-order valence-corrected chi connectivity index (χ2v) is 24.3. The van der Waals surface area contributed by atoms with Gasteiger partial charge in [0.1, 0.15) is 73.2 Å². The Morgan fingerprint density at radius 3 is 1.17 bits per heavy atom. The number of unbranched alkanes of at least 4 members (excludes halogenated alkanes) is 33. The lowest BCUT2D eigenvalue weighted by Gasteiger charge is -2.48. The molecule has 19 nitrogen and oxygen atoms in total. The fourth-order valence-electron chi connectivity index (χ4n) is 11.5. The van der Waals surface area contributed by atoms with E-state index < -0.39 is 124 Å². The number of amides is 1. The van der Waals surface area contributed by atoms with Gasteiger partial charge in [0.25, 0.3) is 0 Å². The maximum Gasteiger partial charge on any atom is 0.220 e. The molecule has 1 amide bonds. The average Bonchev–Trinajstić information content (AvgIpc) is 2.01. The first-order chi connectivity index (χ1) is 40.8. The Balaban J connectivity index is 1.28. The number of aliphatic hydroxyl groups is 11. The third-order valence-corrected chi connectivity index (χ3v) is 17.0. The van der Waals surface area contributed by atoms with E-state index in [1.807, 2.05) is 6.08 Å². The third-order valence-electron chi connectivity index (χ3n) is 17.0. The summed E-state index contributed by atoms with van der Waals surface area (Å²) in [7, 11) is 0. The molecule has 494 valence electrons. The van der Waals surface area contributed by atoms with Crippen molar-refractivity contribution in [3.63, 3.8) is 0 Å². The summed E-state index contributed by atoms with van der Waals surface area (Å²) >= 11 is 0. The maximum absolute atomic E-state index is 13.3. The van der Waals surface area contributed by atoms with Gasteiger partial charge in [-0.3, -0.25) is 4.79 Å². The lowest BCUT2D eigenvalue weighted by molar-refractivity contribution is -0.379. The Bertz CT molecular complexity index is 1630. The summed E-state index contributed by atoms with van der Waals surface area (Å²) in [6.07, 6.45) is 26.9. The molecule has 0 aromatic carbocycles. The highest BCUT2D eigenvalue weighted by Gasteiger charge is 2.53. The van der Waals surface area contributed by atoms with Crippen molar-refractivity contribution in [2.75, 3.05) is 26.4 Å². The zero-order valence-electron chi connectivity index (χ0n) is 51.9. The van der Waals surface area contributed by atoms with Crippen LogP contribution in [0.5, 0.6) is 0 Å². The average molecular weight is 1200 g/mol. The number of carbonyl (C=O) groups is 1. The van der Waals surface area contributed by atoms with E-state index in [9.17, 15) is 61.0 Å². The second-order valence-electron chi connectivity index (χ2n) is 24.3. The van der Waals surface area contributed by atoms with Crippen molar-refractivity contribution < 1.29 is 89.4 Å². The highest BCUT2D eigenvalue weighted by atomic mass is 16.8. The van der Waals surface area contributed by atoms with Crippen LogP contribution in [0.3, 0.4) is 0 Å². The van der Waals surface area contributed by atoms with Crippen LogP contribution in [0, 0.1) is 0 Å². The van der Waals surface area contributed by atoms with E-state index in [0.29, 0.717) is 6.42 Å². The molecule has 12 N–H and O–H groups in total. The zero-order chi connectivity index (χ0) is 61.2. The topological polar surface area (TPSA) is 307 Å². The highest BCUT2D eigenvalue weighted by molar-refractivity contribution is 5.76. The Morgan fingerprint density at radius 1 is 0.417 bits per heavy atom. The van der Waals surface area contributed by atoms with Gasteiger partial charge in [0, 0.05) is 6.42 Å². The minimum atomic E-state index is -1.97. The number of aliphatic hydroxyl groups excluding tert-OH is 11. The second kappa shape index (κ2) is 48.2. The molecule has 0 aliphatic carbocycles. The molecule has 0 radical (unpaired) electrons. The van der Waals surface area contributed by atoms with E-state index in [4.69, 9.17) is 28.4 Å². The van der Waals surface area contributed by atoms with Gasteiger partial charge in [0.2, 0.25) is 5.91 Å². The summed E-state index contributed by atoms with van der Waals surface area (Å²) in [4.78, 5) is 13.3. The first-order valence-corrected chi connectivity index (χ1v) is 33.6. The molecule has 3 aliphatic heterocycles. The number of carbonyl (C=O) groups excluding carboxylic acids is 1. The van der Waals surface area contributed by atoms with Gasteiger partial charge in [0.05, 0.1) is 38.6 Å². The Labute approximate surface area is 505 Å². The summed E-state index contributed by atoms with van der Waals surface area (Å²) in [5.41, 5.74) is 0. The number of rotatable bonds is 51. The van der Waals surface area contributed by atoms with Crippen LogP contribution in [-0.4, -0.2) is 193 Å². The van der Waals surface area contributed by atoms with Crippen LogP contribution in [0.15, 0.2) is 24.3 Å². The molecule has 0 spiro atoms. The molecular weight excluding hydrogens is 1080 g/mol. The first-order valence-electron chi connectivity index (χ1n) is 33.6. The molecule has 84 heavy (non-hydrogen) atoms. The van der Waals surface area contributed by atoms with Crippen molar-refractivity contribution in [3.05, 3.63) is 24.3 Å². The minimum Gasteiger partial charge on any atom is -0.394 e. The van der Waals surface area contributed by atoms with Gasteiger partial charge in [-0.25, -0.2) is 0 Å². The molecule has 0 aromatic rings. The van der Waals surface area contributed by atoms with Crippen LogP contribution in [0.25, 0.3) is 0 Å². The third kappa shape index (κ3) is 30.7. The SMILES string of the molecule is CCCCCC/C=C/C(O)C(COC1OC(CO)C(OC2OC(CO)C(OC3OC(CO)C(O)C(O)C3O)C(O)C2O)C(O)C1O)NC(=O)CCCCCCCCCCCCCCCCCCCCCCC/C=C\CCCCCCCCCC. The number of nitrogens with one attached hydrogen (secondary N) is 1. The molecule has 0 bridgehead atoms. The minimum absolute atomic E-state index is 0.246. The maximum atomic E-state index is 13.3. The van der Waals surface area contributed by atoms with Crippen LogP contribution in [0.2, 0.25) is 0 Å². The molecule has 17 atom stereocenters. The Hall–Kier alpha value is -1.73. The van der Waals surface area contributed by atoms with Gasteiger partial charge in [-0.15, -0.1) is 0 Å². The van der Waals surface area contributed by atoms with Crippen LogP contribution in [0.1, 0.15) is 251 Å². The summed E-state index contributed by atoms with van der Waals surface area (Å²) in [5.74, 6) is -0.278. The van der Waals surface area contributed by atoms with Crippen LogP contribution in [-0.2, 0) is 33.2 Å². The fourth-order valence-corrected chi connectivity index (χ4v) is 11.5. The van der Waals surface area contributed by atoms with Crippen LogP contribution >= 0.6 is 0 Å². The molecule has 17 unspecified atom stereocenters. The summed E-state index contributed by atoms with van der Waals surface area (Å²) in [6.45, 7) is 1.64. The lowest BCUT2D eigenvalue weighted by atomic mass is 9.96. The fraction of sp³-hybridized carbons (Fsp3) is 0.923. The van der Waals surface area contributed by atoms with Gasteiger partial charge < -0.3 is 89.9 Å². The monoisotopic (exact) mass is 1200 g/mol. The molecule has 19 heteroatoms. The van der Waals surface area contributed by atoms with Gasteiger partial charge >= 0.3 is 0 Å². The smallest absolute Gasteiger partial charge is 0.220 e. The Kier molecular flexibility index (Phi) is 43.9. The summed E-state index contributed by atoms with van der Waals surface area (Å²) < 4.78 is 34.1. The normalized spacial score (nSPS) is 29.3. The van der Waals surface area contributed by atoms with Crippen molar-refractivity contribution in [2.24, 2.45) is 0 Å². The van der Waals surface area contributed by atoms with Gasteiger partial charge in [-0.05, 0) is 44.9 Å². The molecule has 3 saturated heterocycles. The molecule has 3 fully saturated rings.